The van der Waals surface area contributed by atoms with Gasteiger partial charge in [-0.2, -0.15) is 0 Å². The number of halogens is 2. The number of nitrogens with one attached hydrogen (secondary N) is 1. The lowest BCUT2D eigenvalue weighted by Crippen LogP contribution is -1.96. The van der Waals surface area contributed by atoms with Gasteiger partial charge in [0.15, 0.2) is 0 Å². The molecule has 0 atom stereocenters. The molecular formula is C11H7ClFNO2. The molecule has 0 radical (unpaired) electrons. The van der Waals surface area contributed by atoms with E-state index in [2.05, 4.69) is 4.98 Å². The van der Waals surface area contributed by atoms with Crippen LogP contribution in [0.1, 0.15) is 10.4 Å². The van der Waals surface area contributed by atoms with E-state index in [0.717, 1.165) is 0 Å². The Morgan fingerprint density at radius 1 is 1.38 bits per heavy atom. The minimum atomic E-state index is -1.04. The lowest BCUT2D eigenvalue weighted by molar-refractivity contribution is 0.0698. The van der Waals surface area contributed by atoms with Crippen LogP contribution >= 0.6 is 11.6 Å². The number of aromatic carboxylic acids is 1. The first-order valence-electron chi connectivity index (χ1n) is 4.45. The molecule has 82 valence electrons. The Kier molecular flexibility index (Phi) is 2.66. The zero-order valence-corrected chi connectivity index (χ0v) is 8.75. The van der Waals surface area contributed by atoms with Crippen LogP contribution in [0, 0.1) is 5.82 Å². The van der Waals surface area contributed by atoms with E-state index in [9.17, 15) is 9.18 Å². The summed E-state index contributed by atoms with van der Waals surface area (Å²) in [5, 5.41) is 8.88. The first kappa shape index (κ1) is 10.7. The average Bonchev–Trinajstić information content (AvgIpc) is 2.71. The molecule has 3 nitrogen and oxygen atoms in total. The van der Waals surface area contributed by atoms with Crippen LogP contribution in [0.3, 0.4) is 0 Å². The number of hydrogen-bond donors (Lipinski definition) is 2. The molecule has 1 heterocycles. The van der Waals surface area contributed by atoms with Gasteiger partial charge in [-0.15, -0.1) is 0 Å². The van der Waals surface area contributed by atoms with Crippen molar-refractivity contribution >= 4 is 17.6 Å². The SMILES string of the molecule is O=C(O)c1c[nH]cc1-c1ccc(F)c(Cl)c1. The number of carboxylic acids is 1. The maximum atomic E-state index is 12.9. The Bertz CT molecular complexity index is 551. The third kappa shape index (κ3) is 1.79. The quantitative estimate of drug-likeness (QED) is 0.846. The fourth-order valence-electron chi connectivity index (χ4n) is 1.44. The van der Waals surface area contributed by atoms with Crippen molar-refractivity contribution in [1.29, 1.82) is 0 Å². The molecule has 0 fully saturated rings. The predicted octanol–water partition coefficient (Wildman–Crippen LogP) is 3.17. The molecule has 1 aromatic carbocycles. The molecule has 2 rings (SSSR count). The fourth-order valence-corrected chi connectivity index (χ4v) is 1.62. The van der Waals surface area contributed by atoms with Crippen LogP contribution in [0.15, 0.2) is 30.6 Å². The summed E-state index contributed by atoms with van der Waals surface area (Å²) in [6.07, 6.45) is 2.90. The van der Waals surface area contributed by atoms with Crippen molar-refractivity contribution in [3.63, 3.8) is 0 Å². The summed E-state index contributed by atoms with van der Waals surface area (Å²) in [6.45, 7) is 0. The van der Waals surface area contributed by atoms with Crippen molar-refractivity contribution in [3.8, 4) is 11.1 Å². The zero-order valence-electron chi connectivity index (χ0n) is 8.00. The summed E-state index contributed by atoms with van der Waals surface area (Å²) in [5.74, 6) is -1.57. The summed E-state index contributed by atoms with van der Waals surface area (Å²) in [5.41, 5.74) is 1.17. The lowest BCUT2D eigenvalue weighted by atomic mass is 10.0. The summed E-state index contributed by atoms with van der Waals surface area (Å²) in [6, 6.07) is 4.08. The Hall–Kier alpha value is -1.81. The second-order valence-corrected chi connectivity index (χ2v) is 3.62. The maximum absolute atomic E-state index is 12.9. The van der Waals surface area contributed by atoms with E-state index in [1.54, 1.807) is 0 Å². The minimum Gasteiger partial charge on any atom is -0.478 e. The summed E-state index contributed by atoms with van der Waals surface area (Å²) < 4.78 is 12.9. The van der Waals surface area contributed by atoms with E-state index in [1.807, 2.05) is 0 Å². The Labute approximate surface area is 95.5 Å². The van der Waals surface area contributed by atoms with Gasteiger partial charge in [0.05, 0.1) is 10.6 Å². The molecule has 0 aliphatic rings. The number of hydrogen-bond acceptors (Lipinski definition) is 1. The molecule has 2 N–H and O–H groups in total. The highest BCUT2D eigenvalue weighted by Gasteiger charge is 2.13. The average molecular weight is 240 g/mol. The maximum Gasteiger partial charge on any atom is 0.337 e. The van der Waals surface area contributed by atoms with Crippen molar-refractivity contribution in [2.75, 3.05) is 0 Å². The van der Waals surface area contributed by atoms with Gasteiger partial charge in [0.1, 0.15) is 5.82 Å². The largest absolute Gasteiger partial charge is 0.478 e. The van der Waals surface area contributed by atoms with Crippen LogP contribution in [0.25, 0.3) is 11.1 Å². The monoisotopic (exact) mass is 239 g/mol. The first-order valence-corrected chi connectivity index (χ1v) is 4.83. The van der Waals surface area contributed by atoms with E-state index in [0.29, 0.717) is 11.1 Å². The normalized spacial score (nSPS) is 10.4. The Balaban J connectivity index is 2.54. The highest BCUT2D eigenvalue weighted by molar-refractivity contribution is 6.31. The van der Waals surface area contributed by atoms with Crippen LogP contribution in [0.4, 0.5) is 4.39 Å². The zero-order chi connectivity index (χ0) is 11.7. The molecule has 16 heavy (non-hydrogen) atoms. The standard InChI is InChI=1S/C11H7ClFNO2/c12-9-3-6(1-2-10(9)13)7-4-14-5-8(7)11(15)16/h1-5,14H,(H,15,16). The number of benzene rings is 1. The predicted molar refractivity (Wildman–Crippen MR) is 58.2 cm³/mol. The number of H-pyrrole nitrogens is 1. The van der Waals surface area contributed by atoms with Crippen LogP contribution in [-0.2, 0) is 0 Å². The molecule has 0 bridgehead atoms. The van der Waals surface area contributed by atoms with E-state index in [1.165, 1.54) is 30.6 Å². The summed E-state index contributed by atoms with van der Waals surface area (Å²) in [4.78, 5) is 13.6. The van der Waals surface area contributed by atoms with Gasteiger partial charge in [-0.25, -0.2) is 9.18 Å². The third-order valence-electron chi connectivity index (χ3n) is 2.21. The van der Waals surface area contributed by atoms with Gasteiger partial charge in [-0.1, -0.05) is 17.7 Å². The molecule has 0 saturated carbocycles. The first-order chi connectivity index (χ1) is 7.59. The van der Waals surface area contributed by atoms with Gasteiger partial charge < -0.3 is 10.1 Å². The van der Waals surface area contributed by atoms with Gasteiger partial charge in [0.25, 0.3) is 0 Å². The van der Waals surface area contributed by atoms with Crippen molar-refractivity contribution in [2.24, 2.45) is 0 Å². The molecule has 0 unspecified atom stereocenters. The molecule has 0 saturated heterocycles. The van der Waals surface area contributed by atoms with E-state index in [-0.39, 0.29) is 10.6 Å². The van der Waals surface area contributed by atoms with Crippen LogP contribution in [0.2, 0.25) is 5.02 Å². The van der Waals surface area contributed by atoms with Crippen molar-refractivity contribution in [2.45, 2.75) is 0 Å². The molecule has 0 aliphatic carbocycles. The molecule has 1 aromatic heterocycles. The van der Waals surface area contributed by atoms with Gasteiger partial charge in [0.2, 0.25) is 0 Å². The number of aromatic nitrogens is 1. The van der Waals surface area contributed by atoms with Crippen LogP contribution in [0.5, 0.6) is 0 Å². The van der Waals surface area contributed by atoms with E-state index >= 15 is 0 Å². The molecule has 2 aromatic rings. The third-order valence-corrected chi connectivity index (χ3v) is 2.50. The number of aromatic amines is 1. The molecule has 0 amide bonds. The summed E-state index contributed by atoms with van der Waals surface area (Å²) >= 11 is 5.63. The van der Waals surface area contributed by atoms with Gasteiger partial charge >= 0.3 is 5.97 Å². The van der Waals surface area contributed by atoms with Crippen molar-refractivity contribution < 1.29 is 14.3 Å². The van der Waals surface area contributed by atoms with Crippen molar-refractivity contribution in [3.05, 3.63) is 47.0 Å². The lowest BCUT2D eigenvalue weighted by Gasteiger charge is -2.01. The van der Waals surface area contributed by atoms with E-state index in [4.69, 9.17) is 16.7 Å². The fraction of sp³-hybridized carbons (Fsp3) is 0. The summed E-state index contributed by atoms with van der Waals surface area (Å²) in [7, 11) is 0. The Morgan fingerprint density at radius 2 is 2.12 bits per heavy atom. The molecule has 5 heteroatoms. The van der Waals surface area contributed by atoms with Crippen LogP contribution in [-0.4, -0.2) is 16.1 Å². The molecular weight excluding hydrogens is 233 g/mol. The molecule has 0 aliphatic heterocycles. The number of carboxylic acid groups (broad SMARTS) is 1. The van der Waals surface area contributed by atoms with Gasteiger partial charge in [-0.3, -0.25) is 0 Å². The van der Waals surface area contributed by atoms with Crippen molar-refractivity contribution in [1.82, 2.24) is 4.98 Å². The van der Waals surface area contributed by atoms with Gasteiger partial charge in [-0.05, 0) is 17.7 Å². The second-order valence-electron chi connectivity index (χ2n) is 3.22. The minimum absolute atomic E-state index is 0.0324. The van der Waals surface area contributed by atoms with E-state index < -0.39 is 11.8 Å². The highest BCUT2D eigenvalue weighted by Crippen LogP contribution is 2.27. The van der Waals surface area contributed by atoms with Gasteiger partial charge in [0, 0.05) is 18.0 Å². The number of rotatable bonds is 2. The second kappa shape index (κ2) is 3.98. The number of carbonyl (C=O) groups is 1. The highest BCUT2D eigenvalue weighted by atomic mass is 35.5. The topological polar surface area (TPSA) is 53.1 Å². The Morgan fingerprint density at radius 3 is 2.75 bits per heavy atom. The van der Waals surface area contributed by atoms with Crippen LogP contribution < -0.4 is 0 Å². The smallest absolute Gasteiger partial charge is 0.337 e. The molecule has 0 spiro atoms.